The van der Waals surface area contributed by atoms with E-state index in [2.05, 4.69) is 38.6 Å². The Morgan fingerprint density at radius 2 is 2.50 bits per heavy atom. The molecule has 0 saturated carbocycles. The first-order valence-corrected chi connectivity index (χ1v) is 8.69. The smallest absolute Gasteiger partial charge is 0.341 e. The lowest BCUT2D eigenvalue weighted by molar-refractivity contribution is -0.0322. The van der Waals surface area contributed by atoms with E-state index in [1.807, 2.05) is 6.07 Å². The number of carbonyl (C=O) groups is 1. The Balaban J connectivity index is 1.77. The molecular formula is C16H20N4O3S. The van der Waals surface area contributed by atoms with Crippen LogP contribution in [-0.2, 0) is 4.74 Å². The van der Waals surface area contributed by atoms with Gasteiger partial charge in [0.15, 0.2) is 0 Å². The molecule has 2 unspecified atom stereocenters. The Labute approximate surface area is 144 Å². The number of hydrogen-bond donors (Lipinski definition) is 2. The zero-order chi connectivity index (χ0) is 16.9. The van der Waals surface area contributed by atoms with E-state index in [0.717, 1.165) is 13.1 Å². The molecule has 8 heteroatoms. The molecule has 128 valence electrons. The van der Waals surface area contributed by atoms with Crippen molar-refractivity contribution in [3.63, 3.8) is 0 Å². The third-order valence-electron chi connectivity index (χ3n) is 3.99. The van der Waals surface area contributed by atoms with Crippen LogP contribution in [0, 0.1) is 0 Å². The molecule has 2 N–H and O–H groups in total. The van der Waals surface area contributed by atoms with Gasteiger partial charge in [-0.05, 0) is 18.4 Å². The Morgan fingerprint density at radius 1 is 1.62 bits per heavy atom. The number of aromatic carboxylic acids is 1. The number of hydrogen-bond acceptors (Lipinski definition) is 7. The second kappa shape index (κ2) is 7.69. The third kappa shape index (κ3) is 3.89. The second-order valence-corrected chi connectivity index (χ2v) is 6.66. The van der Waals surface area contributed by atoms with E-state index in [-0.39, 0.29) is 17.7 Å². The molecule has 2 aromatic heterocycles. The first-order chi connectivity index (χ1) is 11.6. The van der Waals surface area contributed by atoms with Crippen molar-refractivity contribution in [3.05, 3.63) is 40.5 Å². The molecule has 0 radical (unpaired) electrons. The van der Waals surface area contributed by atoms with Crippen LogP contribution in [0.15, 0.2) is 30.0 Å². The highest BCUT2D eigenvalue weighted by atomic mass is 32.1. The lowest BCUT2D eigenvalue weighted by atomic mass is 10.1. The molecule has 24 heavy (non-hydrogen) atoms. The maximum atomic E-state index is 11.3. The van der Waals surface area contributed by atoms with Gasteiger partial charge in [-0.3, -0.25) is 4.90 Å². The van der Waals surface area contributed by atoms with Gasteiger partial charge in [0.1, 0.15) is 17.7 Å². The third-order valence-corrected chi connectivity index (χ3v) is 4.96. The van der Waals surface area contributed by atoms with Gasteiger partial charge < -0.3 is 15.2 Å². The number of ether oxygens (including phenoxy) is 1. The number of anilines is 1. The number of carboxylic acids is 1. The Bertz CT molecular complexity index is 680. The number of nitrogens with zero attached hydrogens (tertiary/aromatic N) is 3. The van der Waals surface area contributed by atoms with Crippen molar-refractivity contribution in [1.82, 2.24) is 14.9 Å². The van der Waals surface area contributed by atoms with Gasteiger partial charge in [-0.2, -0.15) is 0 Å². The van der Waals surface area contributed by atoms with Gasteiger partial charge >= 0.3 is 5.97 Å². The van der Waals surface area contributed by atoms with E-state index in [4.69, 9.17) is 4.74 Å². The van der Waals surface area contributed by atoms with Crippen LogP contribution in [-0.4, -0.2) is 58.3 Å². The minimum absolute atomic E-state index is 0.0813. The molecule has 0 aromatic carbocycles. The minimum atomic E-state index is -1.04. The highest BCUT2D eigenvalue weighted by molar-refractivity contribution is 7.10. The fourth-order valence-electron chi connectivity index (χ4n) is 2.84. The van der Waals surface area contributed by atoms with E-state index in [9.17, 15) is 9.90 Å². The van der Waals surface area contributed by atoms with Gasteiger partial charge in [0, 0.05) is 30.7 Å². The zero-order valence-corrected chi connectivity index (χ0v) is 14.2. The van der Waals surface area contributed by atoms with Gasteiger partial charge in [-0.15, -0.1) is 11.3 Å². The van der Waals surface area contributed by atoms with Crippen LogP contribution < -0.4 is 5.32 Å². The molecule has 1 saturated heterocycles. The second-order valence-electron chi connectivity index (χ2n) is 5.68. The average molecular weight is 348 g/mol. The lowest BCUT2D eigenvalue weighted by Gasteiger charge is -2.37. The summed E-state index contributed by atoms with van der Waals surface area (Å²) in [4.78, 5) is 22.8. The molecule has 0 aliphatic carbocycles. The first kappa shape index (κ1) is 16.8. The summed E-state index contributed by atoms with van der Waals surface area (Å²) in [7, 11) is 0. The normalized spacial score (nSPS) is 19.8. The topological polar surface area (TPSA) is 87.6 Å². The maximum absolute atomic E-state index is 11.3. The molecule has 2 atom stereocenters. The Morgan fingerprint density at radius 3 is 3.21 bits per heavy atom. The summed E-state index contributed by atoms with van der Waals surface area (Å²) in [5.41, 5.74) is 0.0813. The SMILES string of the molecule is CC1CN(C(CNc2ncncc2C(=O)O)c2cccs2)CCO1. The maximum Gasteiger partial charge on any atom is 0.341 e. The summed E-state index contributed by atoms with van der Waals surface area (Å²) in [5.74, 6) is -0.689. The van der Waals surface area contributed by atoms with Gasteiger partial charge in [-0.25, -0.2) is 14.8 Å². The number of morpholine rings is 1. The van der Waals surface area contributed by atoms with Crippen molar-refractivity contribution < 1.29 is 14.6 Å². The van der Waals surface area contributed by atoms with E-state index >= 15 is 0 Å². The van der Waals surface area contributed by atoms with E-state index in [0.29, 0.717) is 19.0 Å². The monoisotopic (exact) mass is 348 g/mol. The predicted molar refractivity (Wildman–Crippen MR) is 91.5 cm³/mol. The van der Waals surface area contributed by atoms with Gasteiger partial charge in [0.25, 0.3) is 0 Å². The summed E-state index contributed by atoms with van der Waals surface area (Å²) in [5, 5.41) is 14.5. The molecule has 1 aliphatic rings. The number of aromatic nitrogens is 2. The number of nitrogens with one attached hydrogen (secondary N) is 1. The Hall–Kier alpha value is -2.03. The standard InChI is InChI=1S/C16H20N4O3S/c1-11-9-20(4-5-23-11)13(14-3-2-6-24-14)8-18-15-12(16(21)22)7-17-10-19-15/h2-3,6-7,10-11,13H,4-5,8-9H2,1H3,(H,21,22)(H,17,18,19). The van der Waals surface area contributed by atoms with Crippen molar-refractivity contribution in [3.8, 4) is 0 Å². The van der Waals surface area contributed by atoms with Crippen molar-refractivity contribution in [2.24, 2.45) is 0 Å². The van der Waals surface area contributed by atoms with E-state index in [1.165, 1.54) is 17.4 Å². The van der Waals surface area contributed by atoms with Crippen LogP contribution in [0.1, 0.15) is 28.2 Å². The molecule has 2 aromatic rings. The van der Waals surface area contributed by atoms with Crippen LogP contribution in [0.4, 0.5) is 5.82 Å². The highest BCUT2D eigenvalue weighted by Gasteiger charge is 2.26. The summed E-state index contributed by atoms with van der Waals surface area (Å²) in [6.07, 6.45) is 2.86. The van der Waals surface area contributed by atoms with Crippen LogP contribution >= 0.6 is 11.3 Å². The van der Waals surface area contributed by atoms with Crippen molar-refractivity contribution in [1.29, 1.82) is 0 Å². The number of carboxylic acid groups (broad SMARTS) is 1. The van der Waals surface area contributed by atoms with Gasteiger partial charge in [-0.1, -0.05) is 6.07 Å². The summed E-state index contributed by atoms with van der Waals surface area (Å²) in [6.45, 7) is 5.05. The molecular weight excluding hydrogens is 328 g/mol. The summed E-state index contributed by atoms with van der Waals surface area (Å²) >= 11 is 1.70. The lowest BCUT2D eigenvalue weighted by Crippen LogP contribution is -2.44. The number of thiophene rings is 1. The largest absolute Gasteiger partial charge is 0.477 e. The highest BCUT2D eigenvalue weighted by Crippen LogP contribution is 2.27. The van der Waals surface area contributed by atoms with Crippen molar-refractivity contribution >= 4 is 23.1 Å². The minimum Gasteiger partial charge on any atom is -0.477 e. The Kier molecular flexibility index (Phi) is 5.39. The zero-order valence-electron chi connectivity index (χ0n) is 13.4. The van der Waals surface area contributed by atoms with Gasteiger partial charge in [0.2, 0.25) is 0 Å². The van der Waals surface area contributed by atoms with Crippen molar-refractivity contribution in [2.45, 2.75) is 19.1 Å². The van der Waals surface area contributed by atoms with Gasteiger partial charge in [0.05, 0.1) is 18.8 Å². The van der Waals surface area contributed by atoms with Crippen LogP contribution in [0.2, 0.25) is 0 Å². The summed E-state index contributed by atoms with van der Waals surface area (Å²) < 4.78 is 5.63. The molecule has 3 heterocycles. The quantitative estimate of drug-likeness (QED) is 0.826. The van der Waals surface area contributed by atoms with Crippen molar-refractivity contribution in [2.75, 3.05) is 31.6 Å². The molecule has 0 bridgehead atoms. The summed E-state index contributed by atoms with van der Waals surface area (Å²) in [6, 6.07) is 4.28. The predicted octanol–water partition coefficient (Wildman–Crippen LogP) is 2.11. The molecule has 0 amide bonds. The molecule has 3 rings (SSSR count). The number of rotatable bonds is 6. The van der Waals surface area contributed by atoms with E-state index in [1.54, 1.807) is 11.3 Å². The molecule has 1 fully saturated rings. The first-order valence-electron chi connectivity index (χ1n) is 7.81. The molecule has 0 spiro atoms. The molecule has 1 aliphatic heterocycles. The van der Waals surface area contributed by atoms with E-state index < -0.39 is 5.97 Å². The van der Waals surface area contributed by atoms with Crippen LogP contribution in [0.3, 0.4) is 0 Å². The fourth-order valence-corrected chi connectivity index (χ4v) is 3.70. The van der Waals surface area contributed by atoms with Crippen LogP contribution in [0.25, 0.3) is 0 Å². The molecule has 7 nitrogen and oxygen atoms in total. The van der Waals surface area contributed by atoms with Crippen LogP contribution in [0.5, 0.6) is 0 Å². The average Bonchev–Trinajstić information content (AvgIpc) is 3.10. The fraction of sp³-hybridized carbons (Fsp3) is 0.438.